The van der Waals surface area contributed by atoms with Crippen molar-refractivity contribution in [2.24, 2.45) is 0 Å². The van der Waals surface area contributed by atoms with Crippen molar-refractivity contribution in [3.8, 4) is 0 Å². The van der Waals surface area contributed by atoms with Crippen molar-refractivity contribution in [3.63, 3.8) is 0 Å². The van der Waals surface area contributed by atoms with Crippen LogP contribution in [-0.4, -0.2) is 23.1 Å². The van der Waals surface area contributed by atoms with E-state index in [4.69, 9.17) is 9.84 Å². The maximum atomic E-state index is 12.6. The number of carbonyl (C=O) groups excluding carboxylic acids is 1. The van der Waals surface area contributed by atoms with Crippen molar-refractivity contribution in [3.05, 3.63) is 12.2 Å². The van der Waals surface area contributed by atoms with Gasteiger partial charge in [-0.05, 0) is 44.6 Å². The van der Waals surface area contributed by atoms with Gasteiger partial charge < -0.3 is 9.84 Å². The average Bonchev–Trinajstić information content (AvgIpc) is 3.07. The molecule has 284 valence electrons. The van der Waals surface area contributed by atoms with E-state index in [0.717, 1.165) is 51.4 Å². The molecule has 1 unspecified atom stereocenters. The second-order valence-corrected chi connectivity index (χ2v) is 14.9. The summed E-state index contributed by atoms with van der Waals surface area (Å²) in [5.74, 6) is -0.773. The van der Waals surface area contributed by atoms with E-state index in [1.807, 2.05) is 0 Å². The lowest BCUT2D eigenvalue weighted by molar-refractivity contribution is -0.147. The molecule has 0 radical (unpaired) electrons. The number of allylic oxidation sites excluding steroid dienone is 1. The molecule has 4 nitrogen and oxygen atoms in total. The number of unbranched alkanes of at least 4 members (excludes halogenated alkanes) is 31. The van der Waals surface area contributed by atoms with E-state index in [-0.39, 0.29) is 18.5 Å². The molecule has 0 aliphatic carbocycles. The van der Waals surface area contributed by atoms with Crippen molar-refractivity contribution in [2.45, 2.75) is 258 Å². The highest BCUT2D eigenvalue weighted by Crippen LogP contribution is 2.17. The third kappa shape index (κ3) is 39.1. The van der Waals surface area contributed by atoms with E-state index in [9.17, 15) is 9.59 Å². The fourth-order valence-electron chi connectivity index (χ4n) is 6.74. The smallest absolute Gasteiger partial charge is 0.306 e. The lowest BCUT2D eigenvalue weighted by Gasteiger charge is -2.15. The molecule has 0 aliphatic rings. The molecule has 0 heterocycles. The third-order valence-corrected chi connectivity index (χ3v) is 9.97. The summed E-state index contributed by atoms with van der Waals surface area (Å²) in [5.41, 5.74) is 0. The number of hydrogen-bond acceptors (Lipinski definition) is 3. The van der Waals surface area contributed by atoms with Crippen LogP contribution in [-0.2, 0) is 14.3 Å². The Balaban J connectivity index is 3.79. The maximum absolute atomic E-state index is 12.6. The van der Waals surface area contributed by atoms with Gasteiger partial charge in [-0.15, -0.1) is 0 Å². The van der Waals surface area contributed by atoms with Crippen LogP contribution in [0.3, 0.4) is 0 Å². The molecular formula is C44H84O4. The van der Waals surface area contributed by atoms with Crippen LogP contribution < -0.4 is 0 Å². The van der Waals surface area contributed by atoms with Crippen LogP contribution >= 0.6 is 0 Å². The number of carboxylic acids is 1. The molecule has 1 N–H and O–H groups in total. The van der Waals surface area contributed by atoms with Crippen LogP contribution in [0, 0.1) is 0 Å². The Morgan fingerprint density at radius 1 is 0.458 bits per heavy atom. The van der Waals surface area contributed by atoms with E-state index < -0.39 is 5.97 Å². The monoisotopic (exact) mass is 677 g/mol. The second kappa shape index (κ2) is 40.1. The van der Waals surface area contributed by atoms with Crippen molar-refractivity contribution < 1.29 is 19.4 Å². The van der Waals surface area contributed by atoms with E-state index in [1.165, 1.54) is 173 Å². The van der Waals surface area contributed by atoms with E-state index in [2.05, 4.69) is 26.0 Å². The van der Waals surface area contributed by atoms with Crippen molar-refractivity contribution in [1.82, 2.24) is 0 Å². The molecule has 0 aromatic rings. The zero-order valence-corrected chi connectivity index (χ0v) is 32.6. The summed E-state index contributed by atoms with van der Waals surface area (Å²) in [5, 5.41) is 8.84. The fourth-order valence-corrected chi connectivity index (χ4v) is 6.74. The van der Waals surface area contributed by atoms with Crippen molar-refractivity contribution in [1.29, 1.82) is 0 Å². The molecule has 48 heavy (non-hydrogen) atoms. The molecular weight excluding hydrogens is 592 g/mol. The van der Waals surface area contributed by atoms with Gasteiger partial charge in [0.15, 0.2) is 0 Å². The van der Waals surface area contributed by atoms with Gasteiger partial charge in [-0.1, -0.05) is 206 Å². The van der Waals surface area contributed by atoms with Crippen molar-refractivity contribution in [2.75, 3.05) is 0 Å². The minimum atomic E-state index is -0.717. The second-order valence-electron chi connectivity index (χ2n) is 14.9. The normalized spacial score (nSPS) is 12.2. The summed E-state index contributed by atoms with van der Waals surface area (Å²) < 4.78 is 5.89. The van der Waals surface area contributed by atoms with Gasteiger partial charge >= 0.3 is 11.9 Å². The predicted octanol–water partition coefficient (Wildman–Crippen LogP) is 15.0. The first kappa shape index (κ1) is 46.7. The average molecular weight is 677 g/mol. The van der Waals surface area contributed by atoms with E-state index >= 15 is 0 Å². The molecule has 0 spiro atoms. The largest absolute Gasteiger partial charge is 0.481 e. The number of carbonyl (C=O) groups is 2. The fraction of sp³-hybridized carbons (Fsp3) is 0.909. The summed E-state index contributed by atoms with van der Waals surface area (Å²) in [6.45, 7) is 4.55. The zero-order chi connectivity index (χ0) is 35.0. The van der Waals surface area contributed by atoms with Gasteiger partial charge in [0.1, 0.15) is 6.10 Å². The first-order chi connectivity index (χ1) is 23.6. The molecule has 1 atom stereocenters. The highest BCUT2D eigenvalue weighted by molar-refractivity contribution is 5.69. The van der Waals surface area contributed by atoms with Crippen molar-refractivity contribution >= 4 is 11.9 Å². The number of carboxylic acid groups (broad SMARTS) is 1. The summed E-state index contributed by atoms with van der Waals surface area (Å²) >= 11 is 0. The number of hydrogen-bond donors (Lipinski definition) is 1. The molecule has 0 saturated carbocycles. The predicted molar refractivity (Wildman–Crippen MR) is 209 cm³/mol. The maximum Gasteiger partial charge on any atom is 0.306 e. The van der Waals surface area contributed by atoms with Gasteiger partial charge in [0.05, 0.1) is 0 Å². The third-order valence-electron chi connectivity index (χ3n) is 9.97. The van der Waals surface area contributed by atoms with Crippen LogP contribution in [0.25, 0.3) is 0 Å². The Bertz CT molecular complexity index is 687. The molecule has 4 heteroatoms. The minimum absolute atomic E-state index is 0.0559. The number of esters is 1. The summed E-state index contributed by atoms with van der Waals surface area (Å²) in [6.07, 6.45) is 49.8. The molecule has 0 aromatic heterocycles. The van der Waals surface area contributed by atoms with Crippen LogP contribution in [0.4, 0.5) is 0 Å². The number of ether oxygens (including phenoxy) is 1. The van der Waals surface area contributed by atoms with Crippen LogP contribution in [0.1, 0.15) is 251 Å². The Kier molecular flexibility index (Phi) is 39.0. The van der Waals surface area contributed by atoms with Gasteiger partial charge in [0.2, 0.25) is 0 Å². The molecule has 0 aromatic carbocycles. The molecule has 0 saturated heterocycles. The van der Waals surface area contributed by atoms with Gasteiger partial charge in [-0.3, -0.25) is 9.59 Å². The Morgan fingerprint density at radius 3 is 1.19 bits per heavy atom. The van der Waals surface area contributed by atoms with E-state index in [0.29, 0.717) is 6.42 Å². The minimum Gasteiger partial charge on any atom is -0.481 e. The quantitative estimate of drug-likeness (QED) is 0.0398. The van der Waals surface area contributed by atoms with Crippen LogP contribution in [0.2, 0.25) is 0 Å². The van der Waals surface area contributed by atoms with Gasteiger partial charge in [0.25, 0.3) is 0 Å². The first-order valence-electron chi connectivity index (χ1n) is 21.7. The van der Waals surface area contributed by atoms with E-state index in [1.54, 1.807) is 0 Å². The SMILES string of the molecule is CCCCCCCCC/C=C\C(CCCCCCC(=O)O)OC(=O)CCCCCCCCCCCCCCCCCCCCCCCC. The van der Waals surface area contributed by atoms with Gasteiger partial charge in [-0.25, -0.2) is 0 Å². The molecule has 0 amide bonds. The number of rotatable bonds is 40. The lowest BCUT2D eigenvalue weighted by Crippen LogP contribution is -2.16. The molecule has 0 fully saturated rings. The highest BCUT2D eigenvalue weighted by atomic mass is 16.5. The summed E-state index contributed by atoms with van der Waals surface area (Å²) in [7, 11) is 0. The standard InChI is InChI=1S/C44H84O4/c1-3-5-7-9-11-13-14-15-16-17-18-19-20-21-22-23-24-25-27-29-31-37-41-44(47)48-42(39-35-32-33-36-40-43(45)46)38-34-30-28-26-12-10-8-6-4-2/h34,38,42H,3-33,35-37,39-41H2,1-2H3,(H,45,46)/b38-34-. The van der Waals surface area contributed by atoms with Gasteiger partial charge in [0, 0.05) is 12.8 Å². The zero-order valence-electron chi connectivity index (χ0n) is 32.6. The first-order valence-corrected chi connectivity index (χ1v) is 21.7. The molecule has 0 rings (SSSR count). The Labute approximate surface area is 300 Å². The highest BCUT2D eigenvalue weighted by Gasteiger charge is 2.11. The summed E-state index contributed by atoms with van der Waals surface area (Å²) in [6, 6.07) is 0. The van der Waals surface area contributed by atoms with Gasteiger partial charge in [-0.2, -0.15) is 0 Å². The Hall–Kier alpha value is -1.32. The molecule has 0 aliphatic heterocycles. The summed E-state index contributed by atoms with van der Waals surface area (Å²) in [4.78, 5) is 23.4. The number of aliphatic carboxylic acids is 1. The topological polar surface area (TPSA) is 63.6 Å². The molecule has 0 bridgehead atoms. The lowest BCUT2D eigenvalue weighted by atomic mass is 10.0. The van der Waals surface area contributed by atoms with Crippen LogP contribution in [0.5, 0.6) is 0 Å². The van der Waals surface area contributed by atoms with Crippen LogP contribution in [0.15, 0.2) is 12.2 Å². The Morgan fingerprint density at radius 2 is 0.792 bits per heavy atom.